The van der Waals surface area contributed by atoms with Crippen molar-refractivity contribution in [2.24, 2.45) is 0 Å². The predicted octanol–water partition coefficient (Wildman–Crippen LogP) is 4.40. The standard InChI is InChI=1S/C25H20N2O5S/c1-13-7-8-14(2)20(11-13)27-23(29)19(22(28)26-25(27)33)12-16-9-10-21(32-16)17-5-4-6-18(15(17)3)24(30)31/h4-12H,1-3H3,(H,30,31)(H,26,28,33)/b19-12+. The van der Waals surface area contributed by atoms with Gasteiger partial charge in [0.15, 0.2) is 5.11 Å². The van der Waals surface area contributed by atoms with Gasteiger partial charge in [-0.3, -0.25) is 19.8 Å². The Morgan fingerprint density at radius 3 is 2.58 bits per heavy atom. The average molecular weight is 461 g/mol. The molecule has 0 aliphatic carbocycles. The summed E-state index contributed by atoms with van der Waals surface area (Å²) in [5, 5.41) is 11.9. The lowest BCUT2D eigenvalue weighted by atomic mass is 10.0. The highest BCUT2D eigenvalue weighted by Gasteiger charge is 2.35. The van der Waals surface area contributed by atoms with E-state index in [1.54, 1.807) is 31.2 Å². The Kier molecular flexibility index (Phi) is 5.69. The van der Waals surface area contributed by atoms with E-state index in [1.165, 1.54) is 17.0 Å². The Bertz CT molecular complexity index is 1370. The summed E-state index contributed by atoms with van der Waals surface area (Å²) in [7, 11) is 0. The van der Waals surface area contributed by atoms with Crippen molar-refractivity contribution in [1.29, 1.82) is 0 Å². The molecule has 166 valence electrons. The number of carboxylic acids is 1. The van der Waals surface area contributed by atoms with E-state index in [0.717, 1.165) is 11.1 Å². The van der Waals surface area contributed by atoms with E-state index in [4.69, 9.17) is 16.6 Å². The van der Waals surface area contributed by atoms with Crippen LogP contribution in [0, 0.1) is 20.8 Å². The number of anilines is 1. The van der Waals surface area contributed by atoms with Gasteiger partial charge < -0.3 is 9.52 Å². The zero-order valence-electron chi connectivity index (χ0n) is 18.1. The number of carbonyl (C=O) groups is 3. The third kappa shape index (κ3) is 4.08. The van der Waals surface area contributed by atoms with Crippen molar-refractivity contribution in [3.63, 3.8) is 0 Å². The molecule has 1 aromatic heterocycles. The zero-order chi connectivity index (χ0) is 23.9. The quantitative estimate of drug-likeness (QED) is 0.340. The highest BCUT2D eigenvalue weighted by molar-refractivity contribution is 7.80. The summed E-state index contributed by atoms with van der Waals surface area (Å²) >= 11 is 5.27. The number of thiocarbonyl (C=S) groups is 1. The van der Waals surface area contributed by atoms with Crippen LogP contribution in [0.3, 0.4) is 0 Å². The first-order valence-corrected chi connectivity index (χ1v) is 10.5. The molecule has 0 unspecified atom stereocenters. The molecule has 8 heteroatoms. The maximum absolute atomic E-state index is 13.3. The largest absolute Gasteiger partial charge is 0.478 e. The Hall–Kier alpha value is -4.04. The molecule has 0 spiro atoms. The van der Waals surface area contributed by atoms with Crippen molar-refractivity contribution in [1.82, 2.24) is 5.32 Å². The van der Waals surface area contributed by atoms with Crippen LogP contribution >= 0.6 is 12.2 Å². The molecular formula is C25H20N2O5S. The molecule has 4 rings (SSSR count). The summed E-state index contributed by atoms with van der Waals surface area (Å²) in [4.78, 5) is 38.6. The molecule has 33 heavy (non-hydrogen) atoms. The molecular weight excluding hydrogens is 440 g/mol. The number of nitrogens with one attached hydrogen (secondary N) is 1. The lowest BCUT2D eigenvalue weighted by Crippen LogP contribution is -2.54. The fraction of sp³-hybridized carbons (Fsp3) is 0.120. The fourth-order valence-corrected chi connectivity index (χ4v) is 3.96. The van der Waals surface area contributed by atoms with E-state index in [0.29, 0.717) is 22.6 Å². The number of benzene rings is 2. The van der Waals surface area contributed by atoms with Gasteiger partial charge in [0, 0.05) is 5.56 Å². The van der Waals surface area contributed by atoms with Crippen LogP contribution in [0.4, 0.5) is 5.69 Å². The van der Waals surface area contributed by atoms with Gasteiger partial charge in [-0.25, -0.2) is 4.79 Å². The molecule has 1 aliphatic rings. The van der Waals surface area contributed by atoms with Crippen molar-refractivity contribution in [3.8, 4) is 11.3 Å². The number of furan rings is 1. The first kappa shape index (κ1) is 22.2. The van der Waals surface area contributed by atoms with Crippen LogP contribution in [0.15, 0.2) is 58.5 Å². The summed E-state index contributed by atoms with van der Waals surface area (Å²) in [6, 6.07) is 13.8. The molecule has 2 heterocycles. The van der Waals surface area contributed by atoms with Gasteiger partial charge in [-0.15, -0.1) is 0 Å². The molecule has 2 amide bonds. The van der Waals surface area contributed by atoms with Crippen molar-refractivity contribution >= 4 is 46.9 Å². The number of aryl methyl sites for hydroxylation is 2. The van der Waals surface area contributed by atoms with Gasteiger partial charge in [-0.2, -0.15) is 0 Å². The Morgan fingerprint density at radius 2 is 1.85 bits per heavy atom. The molecule has 1 aliphatic heterocycles. The van der Waals surface area contributed by atoms with Crippen LogP contribution in [0.1, 0.15) is 32.8 Å². The van der Waals surface area contributed by atoms with Gasteiger partial charge >= 0.3 is 5.97 Å². The van der Waals surface area contributed by atoms with Crippen LogP contribution in [-0.4, -0.2) is 28.0 Å². The smallest absolute Gasteiger partial charge is 0.335 e. The first-order valence-electron chi connectivity index (χ1n) is 10.1. The highest BCUT2D eigenvalue weighted by Crippen LogP contribution is 2.30. The number of aromatic carboxylic acids is 1. The van der Waals surface area contributed by atoms with E-state index in [-0.39, 0.29) is 22.0 Å². The Morgan fingerprint density at radius 1 is 1.09 bits per heavy atom. The van der Waals surface area contributed by atoms with E-state index >= 15 is 0 Å². The van der Waals surface area contributed by atoms with Crippen LogP contribution < -0.4 is 10.2 Å². The third-order valence-electron chi connectivity index (χ3n) is 5.45. The molecule has 2 N–H and O–H groups in total. The number of hydrogen-bond donors (Lipinski definition) is 2. The minimum atomic E-state index is -1.03. The second kappa shape index (κ2) is 8.48. The van der Waals surface area contributed by atoms with Crippen molar-refractivity contribution in [2.75, 3.05) is 4.90 Å². The van der Waals surface area contributed by atoms with Crippen LogP contribution in [0.5, 0.6) is 0 Å². The zero-order valence-corrected chi connectivity index (χ0v) is 18.9. The lowest BCUT2D eigenvalue weighted by Gasteiger charge is -2.30. The SMILES string of the molecule is Cc1ccc(C)c(N2C(=O)/C(=C/c3ccc(-c4cccc(C(=O)O)c4C)o3)C(=O)NC2=S)c1. The maximum Gasteiger partial charge on any atom is 0.335 e. The van der Waals surface area contributed by atoms with E-state index < -0.39 is 17.8 Å². The molecule has 3 aromatic rings. The second-order valence-electron chi connectivity index (χ2n) is 7.73. The number of carbonyl (C=O) groups excluding carboxylic acids is 2. The monoisotopic (exact) mass is 460 g/mol. The van der Waals surface area contributed by atoms with Gasteiger partial charge in [0.25, 0.3) is 11.8 Å². The average Bonchev–Trinajstić information content (AvgIpc) is 3.22. The van der Waals surface area contributed by atoms with Gasteiger partial charge in [0.05, 0.1) is 11.3 Å². The molecule has 0 atom stereocenters. The molecule has 0 saturated carbocycles. The van der Waals surface area contributed by atoms with E-state index in [9.17, 15) is 19.5 Å². The van der Waals surface area contributed by atoms with Gasteiger partial charge in [0.2, 0.25) is 0 Å². The van der Waals surface area contributed by atoms with Crippen LogP contribution in [-0.2, 0) is 9.59 Å². The number of carboxylic acid groups (broad SMARTS) is 1. The summed E-state index contributed by atoms with van der Waals surface area (Å²) < 4.78 is 5.84. The Labute approximate surface area is 195 Å². The summed E-state index contributed by atoms with van der Waals surface area (Å²) in [5.74, 6) is -1.51. The molecule has 2 aromatic carbocycles. The van der Waals surface area contributed by atoms with E-state index in [1.807, 2.05) is 32.0 Å². The van der Waals surface area contributed by atoms with Crippen LogP contribution in [0.2, 0.25) is 0 Å². The Balaban J connectivity index is 1.72. The summed E-state index contributed by atoms with van der Waals surface area (Å²) in [6.45, 7) is 5.46. The van der Waals surface area contributed by atoms with Crippen molar-refractivity contribution < 1.29 is 23.9 Å². The topological polar surface area (TPSA) is 99.8 Å². The van der Waals surface area contributed by atoms with Gasteiger partial charge in [0.1, 0.15) is 17.1 Å². The second-order valence-corrected chi connectivity index (χ2v) is 8.12. The summed E-state index contributed by atoms with van der Waals surface area (Å²) in [6.07, 6.45) is 1.36. The first-order chi connectivity index (χ1) is 15.7. The minimum Gasteiger partial charge on any atom is -0.478 e. The summed E-state index contributed by atoms with van der Waals surface area (Å²) in [5.41, 5.74) is 3.58. The lowest BCUT2D eigenvalue weighted by molar-refractivity contribution is -0.122. The highest BCUT2D eigenvalue weighted by atomic mass is 32.1. The number of rotatable bonds is 4. The molecule has 7 nitrogen and oxygen atoms in total. The molecule has 0 radical (unpaired) electrons. The number of hydrogen-bond acceptors (Lipinski definition) is 5. The molecule has 1 saturated heterocycles. The third-order valence-corrected chi connectivity index (χ3v) is 5.73. The number of nitrogens with zero attached hydrogens (tertiary/aromatic N) is 1. The normalized spacial score (nSPS) is 15.2. The maximum atomic E-state index is 13.3. The predicted molar refractivity (Wildman–Crippen MR) is 128 cm³/mol. The number of amides is 2. The van der Waals surface area contributed by atoms with Crippen molar-refractivity contribution in [2.45, 2.75) is 20.8 Å². The van der Waals surface area contributed by atoms with Gasteiger partial charge in [-0.1, -0.05) is 24.3 Å². The molecule has 1 fully saturated rings. The molecule has 0 bridgehead atoms. The van der Waals surface area contributed by atoms with Crippen molar-refractivity contribution in [3.05, 3.63) is 82.1 Å². The van der Waals surface area contributed by atoms with Crippen LogP contribution in [0.25, 0.3) is 17.4 Å². The van der Waals surface area contributed by atoms with E-state index in [2.05, 4.69) is 5.32 Å². The fourth-order valence-electron chi connectivity index (χ4n) is 3.69. The van der Waals surface area contributed by atoms with Gasteiger partial charge in [-0.05, 0) is 80.0 Å². The minimum absolute atomic E-state index is 0.0112.